The number of imide groups is 2. The number of amides is 9. The Kier molecular flexibility index (Phi) is 20.4. The molecule has 6 fully saturated rings. The minimum atomic E-state index is -1.04. The average Bonchev–Trinajstić information content (AvgIpc) is 1.43. The number of allylic oxidation sites excluding steroid dienone is 4. The Morgan fingerprint density at radius 3 is 2.14 bits per heavy atom. The fourth-order valence-corrected chi connectivity index (χ4v) is 16.0. The fourth-order valence-electron chi connectivity index (χ4n) is 16.0. The molecule has 2 aromatic rings. The van der Waals surface area contributed by atoms with E-state index in [0.29, 0.717) is 95.9 Å². The van der Waals surface area contributed by atoms with Crippen LogP contribution in [0.5, 0.6) is 0 Å². The lowest BCUT2D eigenvalue weighted by Gasteiger charge is -2.61. The van der Waals surface area contributed by atoms with Crippen molar-refractivity contribution in [1.29, 1.82) is 0 Å². The molecule has 4 saturated heterocycles. The van der Waals surface area contributed by atoms with Gasteiger partial charge in [-0.15, -0.1) is 5.92 Å². The average molecular weight is 1270 g/mol. The Morgan fingerprint density at radius 2 is 1.46 bits per heavy atom. The zero-order chi connectivity index (χ0) is 64.8. The van der Waals surface area contributed by atoms with Crippen LogP contribution in [0.3, 0.4) is 0 Å². The van der Waals surface area contributed by atoms with Gasteiger partial charge in [-0.25, -0.2) is 0 Å². The number of hydrogen-bond acceptors (Lipinski definition) is 16. The zero-order valence-corrected chi connectivity index (χ0v) is 53.5. The molecule has 492 valence electrons. The molecular formula is C69H87N9O14. The molecule has 1 spiro atoms. The van der Waals surface area contributed by atoms with E-state index in [4.69, 9.17) is 18.9 Å². The first-order valence-electron chi connectivity index (χ1n) is 33.0. The van der Waals surface area contributed by atoms with Crippen LogP contribution in [-0.2, 0) is 57.3 Å². The third-order valence-corrected chi connectivity index (χ3v) is 20.7. The smallest absolute Gasteiger partial charge is 0.264 e. The molecule has 2 saturated carbocycles. The molecule has 5 heterocycles. The SMILES string of the molecule is CC#C[C@]12CC[C@H]3[C@@H]4CCC5=CC(=O)CCC5=C4[C@@H](c4ccc(N(C)CCCC(=O)N5CCN(C(C)=O)CC5C(=O)N5CCN(C(C)=O)CC5C(=O)NCCCOCCOCCOCCCNc5cccc6c5C(=O)N(C5CCC(=O)NC5=O)C6=O)cc4)C[C@@]31CO2. The van der Waals surface area contributed by atoms with E-state index >= 15 is 0 Å². The van der Waals surface area contributed by atoms with Crippen LogP contribution in [0.4, 0.5) is 11.4 Å². The number of hydrogen-bond donors (Lipinski definition) is 3. The van der Waals surface area contributed by atoms with Gasteiger partial charge in [-0.3, -0.25) is 58.2 Å². The van der Waals surface area contributed by atoms with Crippen molar-refractivity contribution < 1.29 is 66.9 Å². The summed E-state index contributed by atoms with van der Waals surface area (Å²) in [6.45, 7) is 9.46. The van der Waals surface area contributed by atoms with Crippen LogP contribution in [0.15, 0.2) is 65.3 Å². The number of piperidine rings is 1. The number of nitrogens with one attached hydrogen (secondary N) is 3. The van der Waals surface area contributed by atoms with E-state index in [9.17, 15) is 47.9 Å². The van der Waals surface area contributed by atoms with Crippen molar-refractivity contribution in [1.82, 2.24) is 35.1 Å². The Morgan fingerprint density at radius 1 is 0.761 bits per heavy atom. The number of rotatable bonds is 24. The van der Waals surface area contributed by atoms with E-state index in [2.05, 4.69) is 57.0 Å². The van der Waals surface area contributed by atoms with Crippen molar-refractivity contribution in [3.63, 3.8) is 0 Å². The number of anilines is 2. The number of nitrogens with zero attached hydrogens (tertiary/aromatic N) is 6. The minimum absolute atomic E-state index is 0.00925. The van der Waals surface area contributed by atoms with Crippen LogP contribution in [0.2, 0.25) is 0 Å². The van der Waals surface area contributed by atoms with Gasteiger partial charge >= 0.3 is 0 Å². The lowest BCUT2D eigenvalue weighted by molar-refractivity contribution is -0.245. The van der Waals surface area contributed by atoms with Gasteiger partial charge in [0.2, 0.25) is 41.4 Å². The number of benzene rings is 2. The molecule has 9 amide bonds. The zero-order valence-electron chi connectivity index (χ0n) is 53.5. The molecule has 4 aliphatic carbocycles. The number of fused-ring (bicyclic) bond motifs is 4. The standard InChI is InChI=1S/C69H87N9O14/c1-5-24-69-25-23-54-51-19-15-47-39-49(81)18-20-50(47)61(51)53(40-68(54,69)43-92-69)46-13-16-48(17-14-46)73(4)28-7-12-60(83)76-31-29-75(45(3)80)42-58(76)66(87)77-32-30-74(44(2)79)41-57(77)63(84)71-27-9-34-90-36-38-91-37-35-89-33-8-26-70-55-11-6-10-52-62(55)67(88)78(65(52)86)56-21-22-59(82)72-64(56)85/h6,10-11,13-14,16-17,39,51,53-54,56-58,70H,7-9,12,15,18-23,25-38,40-43H2,1-4H3,(H,71,84)(H,72,82,85)/t51-,53+,54-,56?,57?,58?,68+,69-/m0/s1. The van der Waals surface area contributed by atoms with Gasteiger partial charge in [-0.05, 0) is 130 Å². The topological polar surface area (TPSA) is 263 Å². The molecule has 0 bridgehead atoms. The van der Waals surface area contributed by atoms with Gasteiger partial charge < -0.3 is 54.1 Å². The molecule has 0 aromatic heterocycles. The summed E-state index contributed by atoms with van der Waals surface area (Å²) < 4.78 is 23.6. The normalized spacial score (nSPS) is 26.5. The summed E-state index contributed by atoms with van der Waals surface area (Å²) in [4.78, 5) is 141. The van der Waals surface area contributed by atoms with Crippen molar-refractivity contribution in [3.05, 3.63) is 82.0 Å². The Labute approximate surface area is 537 Å². The highest BCUT2D eigenvalue weighted by Gasteiger charge is 2.71. The van der Waals surface area contributed by atoms with E-state index < -0.39 is 53.6 Å². The molecule has 0 radical (unpaired) electrons. The number of carbonyl (C=O) groups is 10. The van der Waals surface area contributed by atoms with Gasteiger partial charge in [-0.2, -0.15) is 0 Å². The summed E-state index contributed by atoms with van der Waals surface area (Å²) in [6.07, 6.45) is 10.2. The third-order valence-electron chi connectivity index (χ3n) is 20.7. The van der Waals surface area contributed by atoms with Crippen LogP contribution in [0, 0.1) is 29.1 Å². The first-order chi connectivity index (χ1) is 44.4. The number of ether oxygens (including phenoxy) is 4. The second-order valence-corrected chi connectivity index (χ2v) is 25.9. The molecule has 3 unspecified atom stereocenters. The highest BCUT2D eigenvalue weighted by atomic mass is 16.5. The van der Waals surface area contributed by atoms with Crippen LogP contribution >= 0.6 is 0 Å². The monoisotopic (exact) mass is 1270 g/mol. The van der Waals surface area contributed by atoms with Crippen LogP contribution in [0.1, 0.15) is 136 Å². The lowest BCUT2D eigenvalue weighted by Crippen LogP contribution is -2.67. The third kappa shape index (κ3) is 13.3. The number of ketones is 1. The van der Waals surface area contributed by atoms with Gasteiger partial charge in [-0.1, -0.05) is 29.7 Å². The van der Waals surface area contributed by atoms with Gasteiger partial charge in [0.15, 0.2) is 5.78 Å². The van der Waals surface area contributed by atoms with Gasteiger partial charge in [0.1, 0.15) is 23.7 Å². The first-order valence-corrected chi connectivity index (χ1v) is 33.0. The van der Waals surface area contributed by atoms with E-state index in [1.165, 1.54) is 45.9 Å². The van der Waals surface area contributed by atoms with E-state index in [1.807, 2.05) is 20.0 Å². The molecule has 11 rings (SSSR count). The van der Waals surface area contributed by atoms with Gasteiger partial charge in [0.25, 0.3) is 11.8 Å². The number of carbonyl (C=O) groups excluding carboxylic acids is 10. The van der Waals surface area contributed by atoms with Crippen molar-refractivity contribution in [2.45, 2.75) is 134 Å². The Balaban J connectivity index is 0.611. The molecule has 5 aliphatic heterocycles. The molecule has 9 aliphatic rings. The largest absolute Gasteiger partial charge is 0.384 e. The van der Waals surface area contributed by atoms with Crippen molar-refractivity contribution in [3.8, 4) is 11.8 Å². The molecule has 8 atom stereocenters. The molecular weight excluding hydrogens is 1180 g/mol. The fraction of sp³-hybridized carbons (Fsp3) is 0.594. The maximum atomic E-state index is 14.8. The lowest BCUT2D eigenvalue weighted by atomic mass is 9.49. The summed E-state index contributed by atoms with van der Waals surface area (Å²) in [5.41, 5.74) is 6.96. The molecule has 92 heavy (non-hydrogen) atoms. The second-order valence-electron chi connectivity index (χ2n) is 25.9. The van der Waals surface area contributed by atoms with Crippen LogP contribution < -0.4 is 20.9 Å². The van der Waals surface area contributed by atoms with Crippen molar-refractivity contribution in [2.75, 3.05) is 122 Å². The first kappa shape index (κ1) is 65.7. The highest BCUT2D eigenvalue weighted by molar-refractivity contribution is 6.25. The van der Waals surface area contributed by atoms with E-state index in [0.717, 1.165) is 55.7 Å². The van der Waals surface area contributed by atoms with Gasteiger partial charge in [0.05, 0.1) is 57.3 Å². The quantitative estimate of drug-likeness (QED) is 0.0757. The Hall–Kier alpha value is -7.78. The summed E-state index contributed by atoms with van der Waals surface area (Å²) in [5.74, 6) is 4.38. The summed E-state index contributed by atoms with van der Waals surface area (Å²) in [5, 5.41) is 8.33. The predicted molar refractivity (Wildman–Crippen MR) is 337 cm³/mol. The van der Waals surface area contributed by atoms with Crippen LogP contribution in [-0.4, -0.2) is 219 Å². The maximum Gasteiger partial charge on any atom is 0.264 e. The minimum Gasteiger partial charge on any atom is -0.384 e. The summed E-state index contributed by atoms with van der Waals surface area (Å²) in [7, 11) is 2.02. The summed E-state index contributed by atoms with van der Waals surface area (Å²) in [6, 6.07) is 10.7. The predicted octanol–water partition coefficient (Wildman–Crippen LogP) is 4.15. The molecule has 23 heteroatoms. The molecule has 3 N–H and O–H groups in total. The molecule has 2 aromatic carbocycles. The van der Waals surface area contributed by atoms with Crippen LogP contribution in [0.25, 0.3) is 0 Å². The van der Waals surface area contributed by atoms with Crippen molar-refractivity contribution >= 4 is 70.3 Å². The maximum absolute atomic E-state index is 14.8. The summed E-state index contributed by atoms with van der Waals surface area (Å²) >= 11 is 0. The second kappa shape index (κ2) is 28.6. The molecule has 23 nitrogen and oxygen atoms in total. The van der Waals surface area contributed by atoms with Crippen molar-refractivity contribution in [2.24, 2.45) is 17.3 Å². The van der Waals surface area contributed by atoms with Gasteiger partial charge in [0, 0.05) is 122 Å². The Bertz CT molecular complexity index is 3370. The van der Waals surface area contributed by atoms with E-state index in [1.54, 1.807) is 28.0 Å². The number of piperazine rings is 2. The highest BCUT2D eigenvalue weighted by Crippen LogP contribution is 2.71. The van der Waals surface area contributed by atoms with E-state index in [-0.39, 0.29) is 117 Å².